The Balaban J connectivity index is 1.23. The molecule has 4 fully saturated rings. The third kappa shape index (κ3) is 4.14. The molecule has 4 aliphatic rings. The number of hydrogen-bond acceptors (Lipinski definition) is 3. The Labute approximate surface area is 197 Å². The van der Waals surface area contributed by atoms with E-state index in [2.05, 4.69) is 73.8 Å². The van der Waals surface area contributed by atoms with Gasteiger partial charge in [-0.2, -0.15) is 15.0 Å². The highest BCUT2D eigenvalue weighted by atomic mass is 15.5. The van der Waals surface area contributed by atoms with Crippen molar-refractivity contribution in [1.29, 1.82) is 0 Å². The molecule has 0 spiro atoms. The van der Waals surface area contributed by atoms with Gasteiger partial charge in [0.25, 0.3) is 0 Å². The van der Waals surface area contributed by atoms with Gasteiger partial charge in [-0.25, -0.2) is 0 Å². The highest BCUT2D eigenvalue weighted by molar-refractivity contribution is 5.60. The third-order valence-electron chi connectivity index (χ3n) is 8.76. The third-order valence-corrected chi connectivity index (χ3v) is 8.76. The summed E-state index contributed by atoms with van der Waals surface area (Å²) in [6, 6.07) is 19.7. The van der Waals surface area contributed by atoms with Crippen molar-refractivity contribution < 1.29 is 0 Å². The molecule has 1 heterocycles. The fraction of sp³-hybridized carbons (Fsp3) is 0.517. The fourth-order valence-electron chi connectivity index (χ4n) is 7.54. The summed E-state index contributed by atoms with van der Waals surface area (Å²) in [5.74, 6) is 2.95. The lowest BCUT2D eigenvalue weighted by Crippen LogP contribution is -2.54. The molecule has 0 aliphatic heterocycles. The maximum Gasteiger partial charge on any atom is 0.117 e. The smallest absolute Gasteiger partial charge is 0.117 e. The van der Waals surface area contributed by atoms with Crippen LogP contribution in [0.15, 0.2) is 54.6 Å². The molecule has 0 saturated heterocycles. The molecule has 0 amide bonds. The number of hydrogen-bond donors (Lipinski definition) is 1. The first-order valence-electron chi connectivity index (χ1n) is 12.8. The van der Waals surface area contributed by atoms with E-state index < -0.39 is 0 Å². The summed E-state index contributed by atoms with van der Waals surface area (Å²) in [4.78, 5) is 1.88. The lowest BCUT2D eigenvalue weighted by atomic mass is 9.48. The summed E-state index contributed by atoms with van der Waals surface area (Å²) in [6.45, 7) is 6.05. The molecule has 1 aromatic heterocycles. The van der Waals surface area contributed by atoms with Gasteiger partial charge in [0.2, 0.25) is 0 Å². The SMILES string of the molecule is Cc1cccc(Cn2nc(CN[C@H](C)C34CC5CC(CC(C5)C3)C4)c(-c3ccccc3)n2)c1. The monoisotopic (exact) mass is 440 g/mol. The lowest BCUT2D eigenvalue weighted by Gasteiger charge is -2.59. The average molecular weight is 441 g/mol. The minimum Gasteiger partial charge on any atom is -0.308 e. The standard InChI is InChI=1S/C29H36N4/c1-20-7-6-8-22(11-20)19-33-31-27(28(32-33)26-9-4-3-5-10-26)18-30-21(2)29-15-23-12-24(16-29)14-25(13-23)17-29/h3-11,21,23-25,30H,12-19H2,1-2H3/t21-,23?,24?,25?,29?/m1/s1. The summed E-state index contributed by atoms with van der Waals surface area (Å²) in [7, 11) is 0. The molecule has 33 heavy (non-hydrogen) atoms. The highest BCUT2D eigenvalue weighted by Crippen LogP contribution is 2.61. The van der Waals surface area contributed by atoms with Crippen molar-refractivity contribution in [2.45, 2.75) is 71.5 Å². The minimum absolute atomic E-state index is 0.499. The Kier molecular flexibility index (Phi) is 5.37. The van der Waals surface area contributed by atoms with Gasteiger partial charge in [0.15, 0.2) is 0 Å². The van der Waals surface area contributed by atoms with Gasteiger partial charge in [-0.3, -0.25) is 0 Å². The van der Waals surface area contributed by atoms with Crippen molar-refractivity contribution >= 4 is 0 Å². The minimum atomic E-state index is 0.499. The van der Waals surface area contributed by atoms with Crippen molar-refractivity contribution in [2.75, 3.05) is 0 Å². The summed E-state index contributed by atoms with van der Waals surface area (Å²) in [5.41, 5.74) is 6.23. The van der Waals surface area contributed by atoms with E-state index in [0.717, 1.165) is 41.2 Å². The molecule has 4 aliphatic carbocycles. The van der Waals surface area contributed by atoms with Gasteiger partial charge in [-0.15, -0.1) is 0 Å². The van der Waals surface area contributed by atoms with Gasteiger partial charge in [0.1, 0.15) is 11.4 Å². The molecule has 3 aromatic rings. The zero-order valence-electron chi connectivity index (χ0n) is 20.0. The summed E-state index contributed by atoms with van der Waals surface area (Å²) >= 11 is 0. The molecule has 4 heteroatoms. The van der Waals surface area contributed by atoms with Crippen LogP contribution in [-0.4, -0.2) is 21.0 Å². The second-order valence-electron chi connectivity index (χ2n) is 11.3. The molecule has 0 radical (unpaired) electrons. The molecule has 7 rings (SSSR count). The van der Waals surface area contributed by atoms with Crippen LogP contribution < -0.4 is 5.32 Å². The first kappa shape index (κ1) is 21.1. The van der Waals surface area contributed by atoms with Crippen LogP contribution in [0.2, 0.25) is 0 Å². The Hall–Kier alpha value is -2.46. The number of nitrogens with zero attached hydrogens (tertiary/aromatic N) is 3. The largest absolute Gasteiger partial charge is 0.308 e. The van der Waals surface area contributed by atoms with Crippen LogP contribution in [0.25, 0.3) is 11.3 Å². The van der Waals surface area contributed by atoms with Crippen LogP contribution in [0.1, 0.15) is 62.3 Å². The molecule has 0 unspecified atom stereocenters. The van der Waals surface area contributed by atoms with Crippen molar-refractivity contribution in [3.8, 4) is 11.3 Å². The molecule has 4 nitrogen and oxygen atoms in total. The topological polar surface area (TPSA) is 42.7 Å². The van der Waals surface area contributed by atoms with Crippen LogP contribution in [0.4, 0.5) is 0 Å². The molecular weight excluding hydrogens is 404 g/mol. The molecule has 4 saturated carbocycles. The van der Waals surface area contributed by atoms with E-state index in [-0.39, 0.29) is 0 Å². The zero-order valence-corrected chi connectivity index (χ0v) is 20.0. The van der Waals surface area contributed by atoms with E-state index in [9.17, 15) is 0 Å². The van der Waals surface area contributed by atoms with Crippen LogP contribution in [0.5, 0.6) is 0 Å². The number of nitrogens with one attached hydrogen (secondary N) is 1. The van der Waals surface area contributed by atoms with Crippen molar-refractivity contribution in [3.05, 3.63) is 71.4 Å². The number of aromatic nitrogens is 3. The lowest BCUT2D eigenvalue weighted by molar-refractivity contribution is -0.0707. The van der Waals surface area contributed by atoms with Crippen LogP contribution in [-0.2, 0) is 13.1 Å². The number of benzene rings is 2. The predicted molar refractivity (Wildman–Crippen MR) is 133 cm³/mol. The molecule has 1 N–H and O–H groups in total. The van der Waals surface area contributed by atoms with E-state index in [4.69, 9.17) is 10.2 Å². The van der Waals surface area contributed by atoms with Crippen molar-refractivity contribution in [2.24, 2.45) is 23.2 Å². The summed E-state index contributed by atoms with van der Waals surface area (Å²) < 4.78 is 0. The van der Waals surface area contributed by atoms with E-state index in [1.807, 2.05) is 4.80 Å². The van der Waals surface area contributed by atoms with E-state index in [1.165, 1.54) is 49.7 Å². The van der Waals surface area contributed by atoms with Crippen molar-refractivity contribution in [3.63, 3.8) is 0 Å². The predicted octanol–water partition coefficient (Wildman–Crippen LogP) is 6.00. The van der Waals surface area contributed by atoms with Gasteiger partial charge in [0, 0.05) is 18.2 Å². The number of aryl methyl sites for hydroxylation is 1. The highest BCUT2D eigenvalue weighted by Gasteiger charge is 2.52. The van der Waals surface area contributed by atoms with E-state index in [1.54, 1.807) is 0 Å². The molecule has 172 valence electrons. The Morgan fingerprint density at radius 3 is 2.30 bits per heavy atom. The Bertz CT molecular complexity index is 1080. The molecular formula is C29H36N4. The van der Waals surface area contributed by atoms with Gasteiger partial charge in [-0.05, 0) is 81.1 Å². The van der Waals surface area contributed by atoms with Crippen LogP contribution in [0.3, 0.4) is 0 Å². The fourth-order valence-corrected chi connectivity index (χ4v) is 7.54. The van der Waals surface area contributed by atoms with Gasteiger partial charge in [-0.1, -0.05) is 60.2 Å². The Morgan fingerprint density at radius 2 is 1.64 bits per heavy atom. The van der Waals surface area contributed by atoms with Crippen LogP contribution >= 0.6 is 0 Å². The normalized spacial score (nSPS) is 28.8. The first-order valence-corrected chi connectivity index (χ1v) is 12.8. The quantitative estimate of drug-likeness (QED) is 0.490. The zero-order chi connectivity index (χ0) is 22.4. The maximum absolute atomic E-state index is 4.97. The van der Waals surface area contributed by atoms with Gasteiger partial charge < -0.3 is 5.32 Å². The van der Waals surface area contributed by atoms with Gasteiger partial charge >= 0.3 is 0 Å². The second-order valence-corrected chi connectivity index (χ2v) is 11.3. The summed E-state index contributed by atoms with van der Waals surface area (Å²) in [5, 5.41) is 13.9. The molecule has 1 atom stereocenters. The van der Waals surface area contributed by atoms with Gasteiger partial charge in [0.05, 0.1) is 6.54 Å². The first-order chi connectivity index (χ1) is 16.1. The average Bonchev–Trinajstić information content (AvgIpc) is 3.19. The number of rotatable bonds is 7. The van der Waals surface area contributed by atoms with Crippen LogP contribution in [0, 0.1) is 30.1 Å². The van der Waals surface area contributed by atoms with E-state index >= 15 is 0 Å². The van der Waals surface area contributed by atoms with Crippen molar-refractivity contribution in [1.82, 2.24) is 20.3 Å². The molecule has 2 aromatic carbocycles. The summed E-state index contributed by atoms with van der Waals surface area (Å²) in [6.07, 6.45) is 8.78. The maximum atomic E-state index is 4.97. The van der Waals surface area contributed by atoms with E-state index in [0.29, 0.717) is 18.0 Å². The molecule has 4 bridgehead atoms. The Morgan fingerprint density at radius 1 is 0.939 bits per heavy atom. The second kappa shape index (κ2) is 8.39.